The smallest absolute Gasteiger partial charge is 0.106 e. The van der Waals surface area contributed by atoms with Crippen LogP contribution in [0.2, 0.25) is 0 Å². The van der Waals surface area contributed by atoms with E-state index in [0.717, 1.165) is 28.8 Å². The molecule has 0 aliphatic heterocycles. The Bertz CT molecular complexity index is 421. The van der Waals surface area contributed by atoms with Crippen molar-refractivity contribution in [3.05, 3.63) is 28.2 Å². The molecule has 1 aromatic rings. The zero-order valence-electron chi connectivity index (χ0n) is 11.2. The van der Waals surface area contributed by atoms with E-state index in [9.17, 15) is 0 Å². The number of thiocarbonyl (C=S) groups is 1. The van der Waals surface area contributed by atoms with Crippen molar-refractivity contribution in [2.24, 2.45) is 5.73 Å². The van der Waals surface area contributed by atoms with Gasteiger partial charge in [-0.25, -0.2) is 0 Å². The van der Waals surface area contributed by atoms with Crippen molar-refractivity contribution >= 4 is 38.8 Å². The van der Waals surface area contributed by atoms with Crippen molar-refractivity contribution in [1.82, 2.24) is 0 Å². The van der Waals surface area contributed by atoms with Gasteiger partial charge in [0.2, 0.25) is 0 Å². The highest BCUT2D eigenvalue weighted by Crippen LogP contribution is 2.24. The lowest BCUT2D eigenvalue weighted by atomic mass is 10.1. The predicted molar refractivity (Wildman–Crippen MR) is 86.0 cm³/mol. The van der Waals surface area contributed by atoms with Crippen LogP contribution in [0.5, 0.6) is 0 Å². The fourth-order valence-corrected chi connectivity index (χ4v) is 2.26. The number of benzene rings is 1. The maximum Gasteiger partial charge on any atom is 0.106 e. The van der Waals surface area contributed by atoms with Crippen molar-refractivity contribution in [3.8, 4) is 0 Å². The standard InChI is InChI=1S/C13H19BrN2O2S/c1-17-7-5-16(6-8-18-2)12-4-3-10(14)9-11(12)13(15)19/h3-4,9H,5-8H2,1-2H3,(H2,15,19). The van der Waals surface area contributed by atoms with Gasteiger partial charge in [0.1, 0.15) is 4.99 Å². The lowest BCUT2D eigenvalue weighted by Gasteiger charge is -2.26. The third-order valence-electron chi connectivity index (χ3n) is 2.70. The van der Waals surface area contributed by atoms with Crippen molar-refractivity contribution < 1.29 is 9.47 Å². The average Bonchev–Trinajstić information content (AvgIpc) is 2.39. The Morgan fingerprint density at radius 1 is 1.26 bits per heavy atom. The summed E-state index contributed by atoms with van der Waals surface area (Å²) in [6, 6.07) is 5.91. The second-order valence-electron chi connectivity index (χ2n) is 4.00. The highest BCUT2D eigenvalue weighted by molar-refractivity contribution is 9.10. The zero-order chi connectivity index (χ0) is 14.3. The molecule has 0 aromatic heterocycles. The lowest BCUT2D eigenvalue weighted by molar-refractivity contribution is 0.190. The van der Waals surface area contributed by atoms with Crippen LogP contribution in [0, 0.1) is 0 Å². The monoisotopic (exact) mass is 346 g/mol. The molecule has 0 aliphatic rings. The summed E-state index contributed by atoms with van der Waals surface area (Å²) < 4.78 is 11.2. The van der Waals surface area contributed by atoms with Crippen LogP contribution in [0.4, 0.5) is 5.69 Å². The molecule has 6 heteroatoms. The topological polar surface area (TPSA) is 47.7 Å². The molecule has 0 radical (unpaired) electrons. The Balaban J connectivity index is 3.02. The normalized spacial score (nSPS) is 10.5. The number of ether oxygens (including phenoxy) is 2. The van der Waals surface area contributed by atoms with Gasteiger partial charge in [-0.15, -0.1) is 0 Å². The molecule has 0 saturated carbocycles. The van der Waals surface area contributed by atoms with Gasteiger partial charge in [-0.1, -0.05) is 28.1 Å². The molecule has 0 atom stereocenters. The minimum absolute atomic E-state index is 0.385. The van der Waals surface area contributed by atoms with Crippen LogP contribution in [-0.4, -0.2) is 45.5 Å². The molecule has 0 aliphatic carbocycles. The minimum Gasteiger partial charge on any atom is -0.389 e. The van der Waals surface area contributed by atoms with E-state index in [4.69, 9.17) is 27.4 Å². The van der Waals surface area contributed by atoms with E-state index in [1.807, 2.05) is 18.2 Å². The van der Waals surface area contributed by atoms with Crippen LogP contribution in [0.3, 0.4) is 0 Å². The summed E-state index contributed by atoms with van der Waals surface area (Å²) in [5, 5.41) is 0. The molecule has 2 N–H and O–H groups in total. The molecular formula is C13H19BrN2O2S. The van der Waals surface area contributed by atoms with E-state index in [2.05, 4.69) is 20.8 Å². The minimum atomic E-state index is 0.385. The molecular weight excluding hydrogens is 328 g/mol. The molecule has 4 nitrogen and oxygen atoms in total. The zero-order valence-corrected chi connectivity index (χ0v) is 13.6. The summed E-state index contributed by atoms with van der Waals surface area (Å²) in [5.74, 6) is 0. The number of rotatable bonds is 8. The van der Waals surface area contributed by atoms with Gasteiger partial charge in [0.25, 0.3) is 0 Å². The molecule has 1 rings (SSSR count). The first kappa shape index (κ1) is 16.4. The van der Waals surface area contributed by atoms with E-state index in [1.54, 1.807) is 14.2 Å². The van der Waals surface area contributed by atoms with Gasteiger partial charge in [-0.2, -0.15) is 0 Å². The third-order valence-corrected chi connectivity index (χ3v) is 3.41. The molecule has 106 valence electrons. The fourth-order valence-electron chi connectivity index (χ4n) is 1.74. The van der Waals surface area contributed by atoms with E-state index >= 15 is 0 Å². The molecule has 0 spiro atoms. The predicted octanol–water partition coefficient (Wildman–Crippen LogP) is 2.18. The molecule has 0 saturated heterocycles. The van der Waals surface area contributed by atoms with Gasteiger partial charge >= 0.3 is 0 Å². The van der Waals surface area contributed by atoms with Crippen LogP contribution in [-0.2, 0) is 9.47 Å². The SMILES string of the molecule is COCCN(CCOC)c1ccc(Br)cc1C(N)=S. The van der Waals surface area contributed by atoms with Crippen LogP contribution in [0.25, 0.3) is 0 Å². The molecule has 19 heavy (non-hydrogen) atoms. The van der Waals surface area contributed by atoms with Gasteiger partial charge in [-0.3, -0.25) is 0 Å². The van der Waals surface area contributed by atoms with Gasteiger partial charge in [0, 0.05) is 43.0 Å². The maximum atomic E-state index is 5.80. The first-order chi connectivity index (χ1) is 9.10. The summed E-state index contributed by atoms with van der Waals surface area (Å²) in [6.45, 7) is 2.79. The second kappa shape index (κ2) is 8.47. The van der Waals surface area contributed by atoms with Gasteiger partial charge in [0.15, 0.2) is 0 Å². The highest BCUT2D eigenvalue weighted by Gasteiger charge is 2.13. The van der Waals surface area contributed by atoms with E-state index in [1.165, 1.54) is 0 Å². The van der Waals surface area contributed by atoms with Crippen LogP contribution >= 0.6 is 28.1 Å². The Kier molecular flexibility index (Phi) is 7.30. The number of halogens is 1. The Hall–Kier alpha value is -0.690. The average molecular weight is 347 g/mol. The Morgan fingerprint density at radius 2 is 1.84 bits per heavy atom. The van der Waals surface area contributed by atoms with Gasteiger partial charge < -0.3 is 20.1 Å². The second-order valence-corrected chi connectivity index (χ2v) is 5.35. The summed E-state index contributed by atoms with van der Waals surface area (Å²) in [6.07, 6.45) is 0. The van der Waals surface area contributed by atoms with Crippen molar-refractivity contribution in [3.63, 3.8) is 0 Å². The highest BCUT2D eigenvalue weighted by atomic mass is 79.9. The van der Waals surface area contributed by atoms with Crippen molar-refractivity contribution in [2.75, 3.05) is 45.4 Å². The first-order valence-electron chi connectivity index (χ1n) is 5.92. The lowest BCUT2D eigenvalue weighted by Crippen LogP contribution is -2.32. The molecule has 0 unspecified atom stereocenters. The Labute approximate surface area is 128 Å². The van der Waals surface area contributed by atoms with E-state index < -0.39 is 0 Å². The molecule has 0 heterocycles. The fraction of sp³-hybridized carbons (Fsp3) is 0.462. The van der Waals surface area contributed by atoms with Crippen LogP contribution in [0.1, 0.15) is 5.56 Å². The summed E-state index contributed by atoms with van der Waals surface area (Å²) in [4.78, 5) is 2.55. The van der Waals surface area contributed by atoms with Crippen LogP contribution in [0.15, 0.2) is 22.7 Å². The summed E-state index contributed by atoms with van der Waals surface area (Å²) in [5.41, 5.74) is 7.66. The number of nitrogens with two attached hydrogens (primary N) is 1. The number of nitrogens with zero attached hydrogens (tertiary/aromatic N) is 1. The summed E-state index contributed by atoms with van der Waals surface area (Å²) >= 11 is 8.56. The number of anilines is 1. The third kappa shape index (κ3) is 5.06. The molecule has 0 amide bonds. The van der Waals surface area contributed by atoms with Crippen molar-refractivity contribution in [1.29, 1.82) is 0 Å². The molecule has 0 fully saturated rings. The number of methoxy groups -OCH3 is 2. The molecule has 0 bridgehead atoms. The maximum absolute atomic E-state index is 5.80. The summed E-state index contributed by atoms with van der Waals surface area (Å²) in [7, 11) is 3.37. The molecule has 1 aromatic carbocycles. The number of hydrogen-bond acceptors (Lipinski definition) is 4. The quantitative estimate of drug-likeness (QED) is 0.731. The van der Waals surface area contributed by atoms with Gasteiger partial charge in [-0.05, 0) is 18.2 Å². The number of hydrogen-bond donors (Lipinski definition) is 1. The first-order valence-corrected chi connectivity index (χ1v) is 7.12. The van der Waals surface area contributed by atoms with E-state index in [-0.39, 0.29) is 0 Å². The van der Waals surface area contributed by atoms with E-state index in [0.29, 0.717) is 18.2 Å². The van der Waals surface area contributed by atoms with Gasteiger partial charge in [0.05, 0.1) is 13.2 Å². The Morgan fingerprint density at radius 3 is 2.32 bits per heavy atom. The van der Waals surface area contributed by atoms with Crippen molar-refractivity contribution in [2.45, 2.75) is 0 Å². The largest absolute Gasteiger partial charge is 0.389 e. The van der Waals surface area contributed by atoms with Crippen LogP contribution < -0.4 is 10.6 Å².